The van der Waals surface area contributed by atoms with Crippen molar-refractivity contribution < 1.29 is 5.11 Å². The second-order valence-electron chi connectivity index (χ2n) is 5.34. The lowest BCUT2D eigenvalue weighted by molar-refractivity contribution is -0.0437. The highest BCUT2D eigenvalue weighted by Crippen LogP contribution is 2.37. The fraction of sp³-hybridized carbons (Fsp3) is 1.00. The van der Waals surface area contributed by atoms with Gasteiger partial charge >= 0.3 is 0 Å². The first-order valence-electron chi connectivity index (χ1n) is 5.92. The van der Waals surface area contributed by atoms with Crippen molar-refractivity contribution in [1.82, 2.24) is 0 Å². The summed E-state index contributed by atoms with van der Waals surface area (Å²) in [5.74, 6) is 0.747. The van der Waals surface area contributed by atoms with Gasteiger partial charge in [0.2, 0.25) is 0 Å². The van der Waals surface area contributed by atoms with Gasteiger partial charge in [0.25, 0.3) is 0 Å². The molecule has 2 nitrogen and oxygen atoms in total. The molecular formula is C12H25NO. The van der Waals surface area contributed by atoms with Crippen molar-refractivity contribution in [3.63, 3.8) is 0 Å². The maximum Gasteiger partial charge on any atom is 0.0823 e. The molecule has 1 saturated carbocycles. The van der Waals surface area contributed by atoms with E-state index in [9.17, 15) is 5.11 Å². The molecule has 1 aliphatic rings. The second-order valence-corrected chi connectivity index (χ2v) is 5.34. The summed E-state index contributed by atoms with van der Waals surface area (Å²) in [6.45, 7) is 6.32. The minimum absolute atomic E-state index is 0.420. The van der Waals surface area contributed by atoms with E-state index >= 15 is 0 Å². The number of hydrogen-bond acceptors (Lipinski definition) is 2. The Hall–Kier alpha value is -0.0800. The van der Waals surface area contributed by atoms with Crippen LogP contribution in [0.4, 0.5) is 0 Å². The largest absolute Gasteiger partial charge is 0.388 e. The summed E-state index contributed by atoms with van der Waals surface area (Å²) < 4.78 is 0. The highest BCUT2D eigenvalue weighted by Gasteiger charge is 2.43. The van der Waals surface area contributed by atoms with Crippen LogP contribution in [-0.2, 0) is 0 Å². The van der Waals surface area contributed by atoms with Crippen molar-refractivity contribution in [3.05, 3.63) is 0 Å². The highest BCUT2D eigenvalue weighted by molar-refractivity contribution is 5.00. The van der Waals surface area contributed by atoms with Crippen molar-refractivity contribution in [2.24, 2.45) is 11.7 Å². The van der Waals surface area contributed by atoms with Crippen molar-refractivity contribution in [3.8, 4) is 0 Å². The molecule has 0 aromatic heterocycles. The lowest BCUT2D eigenvalue weighted by Gasteiger charge is -2.41. The number of hydrogen-bond donors (Lipinski definition) is 2. The molecule has 0 bridgehead atoms. The average Bonchev–Trinajstić information content (AvgIpc) is 2.30. The molecule has 3 unspecified atom stereocenters. The molecule has 3 N–H and O–H groups in total. The molecule has 1 rings (SSSR count). The Morgan fingerprint density at radius 1 is 1.43 bits per heavy atom. The third kappa shape index (κ3) is 2.29. The SMILES string of the molecule is CCC(C)(N)C1(O)CCCC(C)CC1. The van der Waals surface area contributed by atoms with Gasteiger partial charge in [-0.3, -0.25) is 0 Å². The quantitative estimate of drug-likeness (QED) is 0.671. The molecule has 84 valence electrons. The highest BCUT2D eigenvalue weighted by atomic mass is 16.3. The molecule has 2 heteroatoms. The van der Waals surface area contributed by atoms with Gasteiger partial charge in [-0.15, -0.1) is 0 Å². The van der Waals surface area contributed by atoms with E-state index in [-0.39, 0.29) is 0 Å². The molecule has 0 heterocycles. The van der Waals surface area contributed by atoms with Gasteiger partial charge in [0.1, 0.15) is 0 Å². The minimum atomic E-state index is -0.632. The van der Waals surface area contributed by atoms with Crippen LogP contribution in [0.15, 0.2) is 0 Å². The Morgan fingerprint density at radius 2 is 2.07 bits per heavy atom. The summed E-state index contributed by atoms with van der Waals surface area (Å²) in [7, 11) is 0. The van der Waals surface area contributed by atoms with Crippen molar-refractivity contribution in [1.29, 1.82) is 0 Å². The fourth-order valence-electron chi connectivity index (χ4n) is 2.40. The smallest absolute Gasteiger partial charge is 0.0823 e. The van der Waals surface area contributed by atoms with Crippen LogP contribution in [0.5, 0.6) is 0 Å². The van der Waals surface area contributed by atoms with Crippen LogP contribution in [0, 0.1) is 5.92 Å². The van der Waals surface area contributed by atoms with Crippen LogP contribution >= 0.6 is 0 Å². The fourth-order valence-corrected chi connectivity index (χ4v) is 2.40. The molecule has 0 spiro atoms. The van der Waals surface area contributed by atoms with Crippen LogP contribution in [-0.4, -0.2) is 16.2 Å². The van der Waals surface area contributed by atoms with Gasteiger partial charge in [-0.1, -0.05) is 26.7 Å². The Labute approximate surface area is 87.9 Å². The summed E-state index contributed by atoms with van der Waals surface area (Å²) in [5, 5.41) is 10.6. The van der Waals surface area contributed by atoms with Gasteiger partial charge in [0.05, 0.1) is 5.60 Å². The first-order chi connectivity index (χ1) is 6.41. The average molecular weight is 199 g/mol. The number of rotatable bonds is 2. The van der Waals surface area contributed by atoms with E-state index in [1.54, 1.807) is 0 Å². The van der Waals surface area contributed by atoms with Gasteiger partial charge < -0.3 is 10.8 Å². The molecular weight excluding hydrogens is 174 g/mol. The molecule has 14 heavy (non-hydrogen) atoms. The van der Waals surface area contributed by atoms with E-state index in [0.717, 1.165) is 38.0 Å². The molecule has 1 aliphatic carbocycles. The zero-order chi connectivity index (χ0) is 10.8. The summed E-state index contributed by atoms with van der Waals surface area (Å²) in [4.78, 5) is 0. The van der Waals surface area contributed by atoms with Crippen molar-refractivity contribution >= 4 is 0 Å². The predicted octanol–water partition coefficient (Wildman–Crippen LogP) is 2.45. The maximum atomic E-state index is 10.6. The number of nitrogens with two attached hydrogens (primary N) is 1. The Kier molecular flexibility index (Phi) is 3.59. The standard InChI is InChI=1S/C12H25NO/c1-4-11(3,13)12(14)8-5-6-10(2)7-9-12/h10,14H,4-9,13H2,1-3H3. The van der Waals surface area contributed by atoms with E-state index in [0.29, 0.717) is 0 Å². The van der Waals surface area contributed by atoms with Crippen LogP contribution in [0.2, 0.25) is 0 Å². The van der Waals surface area contributed by atoms with Gasteiger partial charge in [-0.05, 0) is 38.5 Å². The lowest BCUT2D eigenvalue weighted by Crippen LogP contribution is -2.58. The van der Waals surface area contributed by atoms with Crippen molar-refractivity contribution in [2.75, 3.05) is 0 Å². The van der Waals surface area contributed by atoms with Crippen molar-refractivity contribution in [2.45, 2.75) is 70.4 Å². The molecule has 1 fully saturated rings. The molecule has 0 aromatic carbocycles. The maximum absolute atomic E-state index is 10.6. The summed E-state index contributed by atoms with van der Waals surface area (Å²) in [5.41, 5.74) is 5.14. The third-order valence-corrected chi connectivity index (χ3v) is 4.14. The van der Waals surface area contributed by atoms with E-state index in [4.69, 9.17) is 5.73 Å². The third-order valence-electron chi connectivity index (χ3n) is 4.14. The van der Waals surface area contributed by atoms with E-state index in [1.165, 1.54) is 6.42 Å². The molecule has 0 aliphatic heterocycles. The van der Waals surface area contributed by atoms with Crippen LogP contribution in [0.25, 0.3) is 0 Å². The summed E-state index contributed by atoms with van der Waals surface area (Å²) >= 11 is 0. The van der Waals surface area contributed by atoms with Crippen LogP contribution in [0.3, 0.4) is 0 Å². The first-order valence-corrected chi connectivity index (χ1v) is 5.92. The summed E-state index contributed by atoms with van der Waals surface area (Å²) in [6.07, 6.45) is 6.06. The molecule has 3 atom stereocenters. The molecule has 0 saturated heterocycles. The first kappa shape index (κ1) is 12.0. The normalized spacial score (nSPS) is 38.8. The predicted molar refractivity (Wildman–Crippen MR) is 60.1 cm³/mol. The topological polar surface area (TPSA) is 46.2 Å². The molecule has 0 aromatic rings. The number of aliphatic hydroxyl groups is 1. The Bertz CT molecular complexity index is 191. The minimum Gasteiger partial charge on any atom is -0.388 e. The van der Waals surface area contributed by atoms with E-state index < -0.39 is 11.1 Å². The lowest BCUT2D eigenvalue weighted by atomic mass is 9.75. The monoisotopic (exact) mass is 199 g/mol. The van der Waals surface area contributed by atoms with Crippen LogP contribution in [0.1, 0.15) is 59.3 Å². The van der Waals surface area contributed by atoms with Gasteiger partial charge in [0.15, 0.2) is 0 Å². The van der Waals surface area contributed by atoms with Gasteiger partial charge in [-0.2, -0.15) is 0 Å². The Balaban J connectivity index is 2.72. The van der Waals surface area contributed by atoms with E-state index in [1.807, 2.05) is 6.92 Å². The summed E-state index contributed by atoms with van der Waals surface area (Å²) in [6, 6.07) is 0. The Morgan fingerprint density at radius 3 is 2.64 bits per heavy atom. The zero-order valence-electron chi connectivity index (χ0n) is 9.84. The molecule has 0 radical (unpaired) electrons. The van der Waals surface area contributed by atoms with Gasteiger partial charge in [0, 0.05) is 5.54 Å². The van der Waals surface area contributed by atoms with Gasteiger partial charge in [-0.25, -0.2) is 0 Å². The zero-order valence-corrected chi connectivity index (χ0v) is 9.84. The second kappa shape index (κ2) is 4.19. The van der Waals surface area contributed by atoms with Crippen LogP contribution < -0.4 is 5.73 Å². The van der Waals surface area contributed by atoms with E-state index in [2.05, 4.69) is 13.8 Å². The molecule has 0 amide bonds.